The molecule has 1 aromatic heterocycles. The van der Waals surface area contributed by atoms with Crippen LogP contribution in [-0.4, -0.2) is 17.5 Å². The number of rotatable bonds is 2. The molecule has 4 nitrogen and oxygen atoms in total. The van der Waals surface area contributed by atoms with E-state index in [1.807, 2.05) is 0 Å². The Kier molecular flexibility index (Phi) is 3.94. The van der Waals surface area contributed by atoms with Crippen LogP contribution >= 0.6 is 0 Å². The molecule has 0 spiro atoms. The number of halogens is 3. The van der Waals surface area contributed by atoms with Crippen molar-refractivity contribution in [2.75, 3.05) is 11.9 Å². The molecular weight excluding hydrogens is 309 g/mol. The first-order valence-corrected chi connectivity index (χ1v) is 7.02. The predicted octanol–water partition coefficient (Wildman–Crippen LogP) is 3.61. The van der Waals surface area contributed by atoms with Gasteiger partial charge in [0.15, 0.2) is 0 Å². The third kappa shape index (κ3) is 3.28. The summed E-state index contributed by atoms with van der Waals surface area (Å²) in [6, 6.07) is 10.5. The van der Waals surface area contributed by atoms with Gasteiger partial charge >= 0.3 is 6.18 Å². The monoisotopic (exact) mass is 322 g/mol. The van der Waals surface area contributed by atoms with Gasteiger partial charge in [-0.2, -0.15) is 13.2 Å². The minimum atomic E-state index is -4.55. The zero-order chi connectivity index (χ0) is 16.4. The van der Waals surface area contributed by atoms with Crippen molar-refractivity contribution in [3.63, 3.8) is 0 Å². The van der Waals surface area contributed by atoms with E-state index in [0.29, 0.717) is 18.8 Å². The van der Waals surface area contributed by atoms with E-state index in [1.54, 1.807) is 24.3 Å². The van der Waals surface area contributed by atoms with E-state index in [-0.39, 0.29) is 5.82 Å². The second-order valence-corrected chi connectivity index (χ2v) is 5.12. The largest absolute Gasteiger partial charge is 0.493 e. The molecule has 1 amide bonds. The Balaban J connectivity index is 1.81. The van der Waals surface area contributed by atoms with E-state index < -0.39 is 23.7 Å². The summed E-state index contributed by atoms with van der Waals surface area (Å²) < 4.78 is 43.5. The van der Waals surface area contributed by atoms with Gasteiger partial charge in [0.25, 0.3) is 0 Å². The summed E-state index contributed by atoms with van der Waals surface area (Å²) in [5.41, 5.74) is -0.314. The van der Waals surface area contributed by atoms with Crippen molar-refractivity contribution in [2.24, 2.45) is 0 Å². The maximum Gasteiger partial charge on any atom is 0.433 e. The topological polar surface area (TPSA) is 51.2 Å². The van der Waals surface area contributed by atoms with Crippen LogP contribution in [0.4, 0.5) is 19.0 Å². The molecule has 0 radical (unpaired) electrons. The van der Waals surface area contributed by atoms with Gasteiger partial charge in [0.05, 0.1) is 12.5 Å². The summed E-state index contributed by atoms with van der Waals surface area (Å²) in [7, 11) is 0. The van der Waals surface area contributed by atoms with E-state index in [1.165, 1.54) is 12.1 Å². The first-order chi connectivity index (χ1) is 10.9. The maximum atomic E-state index is 12.7. The lowest BCUT2D eigenvalue weighted by Crippen LogP contribution is -2.27. The fourth-order valence-electron chi connectivity index (χ4n) is 2.49. The Morgan fingerprint density at radius 3 is 2.74 bits per heavy atom. The molecule has 2 heterocycles. The number of amides is 1. The number of pyridine rings is 1. The number of hydrogen-bond donors (Lipinski definition) is 1. The summed E-state index contributed by atoms with van der Waals surface area (Å²) in [4.78, 5) is 15.8. The van der Waals surface area contributed by atoms with Crippen molar-refractivity contribution in [1.82, 2.24) is 4.98 Å². The van der Waals surface area contributed by atoms with Crippen molar-refractivity contribution in [3.8, 4) is 5.75 Å². The number of fused-ring (bicyclic) bond motifs is 1. The fraction of sp³-hybridized carbons (Fsp3) is 0.250. The lowest BCUT2D eigenvalue weighted by Gasteiger charge is -2.24. The average Bonchev–Trinajstić information content (AvgIpc) is 2.53. The third-order valence-corrected chi connectivity index (χ3v) is 3.57. The molecule has 0 bridgehead atoms. The summed E-state index contributed by atoms with van der Waals surface area (Å²) in [6.07, 6.45) is -4.09. The van der Waals surface area contributed by atoms with Crippen LogP contribution < -0.4 is 10.1 Å². The molecule has 0 unspecified atom stereocenters. The van der Waals surface area contributed by atoms with Crippen LogP contribution in [-0.2, 0) is 11.0 Å². The van der Waals surface area contributed by atoms with Gasteiger partial charge in [0.1, 0.15) is 17.3 Å². The highest BCUT2D eigenvalue weighted by atomic mass is 19.4. The molecule has 0 aliphatic carbocycles. The minimum Gasteiger partial charge on any atom is -0.493 e. The smallest absolute Gasteiger partial charge is 0.433 e. The molecule has 1 atom stereocenters. The van der Waals surface area contributed by atoms with Crippen LogP contribution in [0.25, 0.3) is 0 Å². The van der Waals surface area contributed by atoms with Gasteiger partial charge in [0.2, 0.25) is 5.91 Å². The standard InChI is InChI=1S/C16H13F3N2O2/c17-16(18,19)13-6-3-7-14(20-13)21-15(22)11-8-9-23-12-5-2-1-4-10(11)12/h1-7,11H,8-9H2,(H,20,21,22)/t11-/m1/s1. The molecule has 0 fully saturated rings. The van der Waals surface area contributed by atoms with E-state index in [0.717, 1.165) is 11.6 Å². The van der Waals surface area contributed by atoms with Crippen LogP contribution in [0.2, 0.25) is 0 Å². The summed E-state index contributed by atoms with van der Waals surface area (Å²) >= 11 is 0. The number of alkyl halides is 3. The second kappa shape index (κ2) is 5.91. The zero-order valence-electron chi connectivity index (χ0n) is 11.9. The number of benzene rings is 1. The first kappa shape index (κ1) is 15.3. The van der Waals surface area contributed by atoms with Crippen LogP contribution in [0.15, 0.2) is 42.5 Å². The van der Waals surface area contributed by atoms with E-state index in [9.17, 15) is 18.0 Å². The maximum absolute atomic E-state index is 12.7. The SMILES string of the molecule is O=C(Nc1cccc(C(F)(F)F)n1)[C@@H]1CCOc2ccccc21. The van der Waals surface area contributed by atoms with E-state index in [2.05, 4.69) is 10.3 Å². The third-order valence-electron chi connectivity index (χ3n) is 3.57. The average molecular weight is 322 g/mol. The summed E-state index contributed by atoms with van der Waals surface area (Å²) in [6.45, 7) is 0.380. The first-order valence-electron chi connectivity index (χ1n) is 7.02. The van der Waals surface area contributed by atoms with Crippen LogP contribution in [0.3, 0.4) is 0 Å². The van der Waals surface area contributed by atoms with Crippen molar-refractivity contribution < 1.29 is 22.7 Å². The van der Waals surface area contributed by atoms with Crippen LogP contribution in [0.5, 0.6) is 5.75 Å². The van der Waals surface area contributed by atoms with Crippen molar-refractivity contribution in [3.05, 3.63) is 53.7 Å². The molecule has 1 aliphatic rings. The van der Waals surface area contributed by atoms with E-state index in [4.69, 9.17) is 4.74 Å². The van der Waals surface area contributed by atoms with Gasteiger partial charge < -0.3 is 10.1 Å². The number of aromatic nitrogens is 1. The van der Waals surface area contributed by atoms with Gasteiger partial charge in [-0.05, 0) is 24.6 Å². The quantitative estimate of drug-likeness (QED) is 0.919. The van der Waals surface area contributed by atoms with Gasteiger partial charge in [-0.3, -0.25) is 4.79 Å². The molecular formula is C16H13F3N2O2. The Labute approximate surface area is 130 Å². The lowest BCUT2D eigenvalue weighted by molar-refractivity contribution is -0.141. The highest BCUT2D eigenvalue weighted by Crippen LogP contribution is 2.34. The Hall–Kier alpha value is -2.57. The number of anilines is 1. The number of para-hydroxylation sites is 1. The zero-order valence-corrected chi connectivity index (χ0v) is 11.9. The van der Waals surface area contributed by atoms with Crippen molar-refractivity contribution in [2.45, 2.75) is 18.5 Å². The number of nitrogens with zero attached hydrogens (tertiary/aromatic N) is 1. The number of hydrogen-bond acceptors (Lipinski definition) is 3. The molecule has 2 aromatic rings. The van der Waals surface area contributed by atoms with E-state index >= 15 is 0 Å². The van der Waals surface area contributed by atoms with Crippen LogP contribution in [0.1, 0.15) is 23.6 Å². The minimum absolute atomic E-state index is 0.117. The summed E-state index contributed by atoms with van der Waals surface area (Å²) in [5.74, 6) is -0.367. The Bertz CT molecular complexity index is 731. The predicted molar refractivity (Wildman–Crippen MR) is 77.2 cm³/mol. The molecule has 23 heavy (non-hydrogen) atoms. The number of nitrogens with one attached hydrogen (secondary N) is 1. The molecule has 1 aliphatic heterocycles. The normalized spacial score (nSPS) is 17.1. The Morgan fingerprint density at radius 2 is 1.96 bits per heavy atom. The van der Waals surface area contributed by atoms with Gasteiger partial charge in [-0.1, -0.05) is 24.3 Å². The lowest BCUT2D eigenvalue weighted by atomic mass is 9.92. The summed E-state index contributed by atoms with van der Waals surface area (Å²) in [5, 5.41) is 2.46. The van der Waals surface area contributed by atoms with Gasteiger partial charge in [-0.25, -0.2) is 4.98 Å². The molecule has 1 N–H and O–H groups in total. The van der Waals surface area contributed by atoms with Crippen LogP contribution in [0, 0.1) is 0 Å². The fourth-order valence-corrected chi connectivity index (χ4v) is 2.49. The molecule has 0 saturated heterocycles. The number of carbonyl (C=O) groups excluding carboxylic acids is 1. The second-order valence-electron chi connectivity index (χ2n) is 5.12. The van der Waals surface area contributed by atoms with Gasteiger partial charge in [0, 0.05) is 5.56 Å². The Morgan fingerprint density at radius 1 is 1.17 bits per heavy atom. The van der Waals surface area contributed by atoms with Crippen molar-refractivity contribution >= 4 is 11.7 Å². The number of carbonyl (C=O) groups is 1. The highest BCUT2D eigenvalue weighted by molar-refractivity contribution is 5.95. The molecule has 1 aromatic carbocycles. The highest BCUT2D eigenvalue weighted by Gasteiger charge is 2.33. The molecule has 7 heteroatoms. The molecule has 3 rings (SSSR count). The van der Waals surface area contributed by atoms with Crippen molar-refractivity contribution in [1.29, 1.82) is 0 Å². The molecule has 120 valence electrons. The van der Waals surface area contributed by atoms with Gasteiger partial charge in [-0.15, -0.1) is 0 Å². The molecule has 0 saturated carbocycles. The number of ether oxygens (including phenoxy) is 1.